The fraction of sp³-hybridized carbons (Fsp3) is 0.500. The number of nitrogens with one attached hydrogen (secondary N) is 2. The summed E-state index contributed by atoms with van der Waals surface area (Å²) in [5.41, 5.74) is 14.9. The first-order valence-electron chi connectivity index (χ1n) is 16.9. The van der Waals surface area contributed by atoms with Crippen molar-refractivity contribution in [2.75, 3.05) is 18.6 Å². The maximum atomic E-state index is 13.9. The average molecular weight is 666 g/mol. The molecular weight excluding hydrogens is 619 g/mol. The predicted octanol–water partition coefficient (Wildman–Crippen LogP) is 4.87. The molecule has 258 valence electrons. The number of hydrogen-bond donors (Lipinski definition) is 5. The number of H-pyrrole nitrogens is 1. The number of alkyl halides is 3. The number of fused-ring (bicyclic) bond motifs is 1. The van der Waals surface area contributed by atoms with Crippen LogP contribution in [0, 0.1) is 5.92 Å². The van der Waals surface area contributed by atoms with Crippen LogP contribution in [0.3, 0.4) is 0 Å². The van der Waals surface area contributed by atoms with Crippen LogP contribution in [0.4, 0.5) is 18.9 Å². The van der Waals surface area contributed by atoms with Gasteiger partial charge in [-0.2, -0.15) is 13.2 Å². The smallest absolute Gasteiger partial charge is 0.416 e. The number of hydrogen-bond acceptors (Lipinski definition) is 7. The van der Waals surface area contributed by atoms with Gasteiger partial charge in [-0.15, -0.1) is 0 Å². The number of piperidine rings is 1. The van der Waals surface area contributed by atoms with E-state index in [9.17, 15) is 18.3 Å². The Balaban J connectivity index is 1.23. The molecule has 0 spiro atoms. The van der Waals surface area contributed by atoms with Gasteiger partial charge in [-0.05, 0) is 106 Å². The van der Waals surface area contributed by atoms with E-state index in [1.54, 1.807) is 37.3 Å². The van der Waals surface area contributed by atoms with Crippen molar-refractivity contribution in [3.05, 3.63) is 69.9 Å². The van der Waals surface area contributed by atoms with Gasteiger partial charge in [0.15, 0.2) is 0 Å². The molecule has 0 bridgehead atoms. The summed E-state index contributed by atoms with van der Waals surface area (Å²) < 4.78 is 47.6. The summed E-state index contributed by atoms with van der Waals surface area (Å²) in [5.74, 6) is 1.84. The number of amidine groups is 1. The second-order valence-electron chi connectivity index (χ2n) is 13.4. The molecule has 2 aliphatic heterocycles. The number of benzene rings is 2. The minimum Gasteiger partial charge on any atom is -0.496 e. The molecular formula is C36H46F3N7O2. The van der Waals surface area contributed by atoms with E-state index in [2.05, 4.69) is 20.3 Å². The number of ether oxygens (including phenoxy) is 1. The Hall–Kier alpha value is -3.87. The Bertz CT molecular complexity index is 1750. The average Bonchev–Trinajstić information content (AvgIpc) is 3.83. The molecule has 1 aromatic heterocycles. The minimum atomic E-state index is -4.48. The molecule has 1 saturated heterocycles. The Kier molecular flexibility index (Phi) is 10.1. The van der Waals surface area contributed by atoms with Crippen molar-refractivity contribution < 1.29 is 23.0 Å². The van der Waals surface area contributed by atoms with E-state index >= 15 is 0 Å². The summed E-state index contributed by atoms with van der Waals surface area (Å²) in [7, 11) is 1.63. The summed E-state index contributed by atoms with van der Waals surface area (Å²) in [6, 6.07) is 12.3. The highest BCUT2D eigenvalue weighted by Crippen LogP contribution is 2.37. The van der Waals surface area contributed by atoms with Crippen LogP contribution in [0.5, 0.6) is 5.75 Å². The fourth-order valence-corrected chi connectivity index (χ4v) is 6.92. The van der Waals surface area contributed by atoms with E-state index in [-0.39, 0.29) is 12.1 Å². The van der Waals surface area contributed by atoms with Gasteiger partial charge in [-0.3, -0.25) is 4.99 Å². The van der Waals surface area contributed by atoms with Crippen LogP contribution >= 0.6 is 0 Å². The number of aryl methyl sites for hydroxylation is 1. The Morgan fingerprint density at radius 1 is 1.15 bits per heavy atom. The van der Waals surface area contributed by atoms with E-state index in [4.69, 9.17) is 16.2 Å². The van der Waals surface area contributed by atoms with Gasteiger partial charge in [-0.1, -0.05) is 12.5 Å². The normalized spacial score (nSPS) is 22.1. The number of aliphatic hydroxyl groups excluding tert-OH is 1. The summed E-state index contributed by atoms with van der Waals surface area (Å²) in [5, 5.41) is 15.4. The third-order valence-electron chi connectivity index (χ3n) is 9.67. The zero-order chi connectivity index (χ0) is 34.0. The fourth-order valence-electron chi connectivity index (χ4n) is 6.92. The molecule has 3 aromatic rings. The van der Waals surface area contributed by atoms with Gasteiger partial charge in [0, 0.05) is 59.1 Å². The summed E-state index contributed by atoms with van der Waals surface area (Å²) in [4.78, 5) is 13.5. The van der Waals surface area contributed by atoms with Gasteiger partial charge >= 0.3 is 6.18 Å². The lowest BCUT2D eigenvalue weighted by Crippen LogP contribution is -2.41. The molecule has 3 aliphatic rings. The van der Waals surface area contributed by atoms with Crippen LogP contribution in [0.15, 0.2) is 52.4 Å². The number of rotatable bonds is 12. The van der Waals surface area contributed by atoms with Crippen molar-refractivity contribution >= 4 is 17.7 Å². The predicted molar refractivity (Wildman–Crippen MR) is 182 cm³/mol. The lowest BCUT2D eigenvalue weighted by atomic mass is 9.91. The molecule has 1 unspecified atom stereocenters. The molecule has 12 heteroatoms. The van der Waals surface area contributed by atoms with Crippen LogP contribution in [0.25, 0.3) is 17.5 Å². The van der Waals surface area contributed by atoms with Gasteiger partial charge in [0.2, 0.25) is 6.35 Å². The zero-order valence-corrected chi connectivity index (χ0v) is 27.6. The van der Waals surface area contributed by atoms with Crippen LogP contribution in [0.1, 0.15) is 81.0 Å². The largest absolute Gasteiger partial charge is 0.496 e. The number of aliphatic imine (C=N–C) groups is 1. The standard InChI is InChI=1S/C36H46F3N7O2/c1-21(40)42-14-13-27-6-4-8-31(43-27)29-12-11-28(19-33(29)48-2)46-20-25-18-32(44-34(25)45-35(46)47)24-15-22(16-26(17-24)36(37,38)39)5-3-7-30(41)23-9-10-23/h11-12,15-20,23,27,30-31,35,43,47H,3-10,13-14,41H2,1-2H3,(H2,40,42)(H,44,45)/t27-,30+,31-,35?/m0/s1. The first-order chi connectivity index (χ1) is 23.0. The van der Waals surface area contributed by atoms with Gasteiger partial charge < -0.3 is 36.5 Å². The van der Waals surface area contributed by atoms with Crippen molar-refractivity contribution in [2.24, 2.45) is 27.4 Å². The van der Waals surface area contributed by atoms with E-state index in [1.807, 2.05) is 18.2 Å². The molecule has 1 aliphatic carbocycles. The molecule has 0 radical (unpaired) electrons. The number of aromatic amines is 1. The number of aliphatic hydroxyl groups is 1. The Morgan fingerprint density at radius 3 is 2.69 bits per heavy atom. The highest BCUT2D eigenvalue weighted by atomic mass is 19.4. The van der Waals surface area contributed by atoms with Gasteiger partial charge in [0.05, 0.1) is 18.5 Å². The van der Waals surface area contributed by atoms with Crippen LogP contribution in [0.2, 0.25) is 0 Å². The molecule has 48 heavy (non-hydrogen) atoms. The molecule has 6 rings (SSSR count). The third-order valence-corrected chi connectivity index (χ3v) is 9.67. The number of methoxy groups -OCH3 is 1. The molecule has 0 amide bonds. The maximum absolute atomic E-state index is 13.9. The summed E-state index contributed by atoms with van der Waals surface area (Å²) in [6.07, 6.45) is 4.38. The van der Waals surface area contributed by atoms with Crippen molar-refractivity contribution in [1.29, 1.82) is 0 Å². The van der Waals surface area contributed by atoms with E-state index in [0.29, 0.717) is 69.7 Å². The summed E-state index contributed by atoms with van der Waals surface area (Å²) >= 11 is 0. The lowest BCUT2D eigenvalue weighted by Gasteiger charge is -2.32. The second kappa shape index (κ2) is 14.3. The van der Waals surface area contributed by atoms with Gasteiger partial charge in [0.25, 0.3) is 0 Å². The molecule has 3 heterocycles. The summed E-state index contributed by atoms with van der Waals surface area (Å²) in [6.45, 7) is 2.48. The monoisotopic (exact) mass is 665 g/mol. The molecule has 2 fully saturated rings. The van der Waals surface area contributed by atoms with Crippen LogP contribution in [-0.2, 0) is 12.6 Å². The topological polar surface area (TPSA) is 137 Å². The third kappa shape index (κ3) is 8.04. The van der Waals surface area contributed by atoms with E-state index < -0.39 is 18.1 Å². The van der Waals surface area contributed by atoms with E-state index in [1.165, 1.54) is 6.07 Å². The van der Waals surface area contributed by atoms with E-state index in [0.717, 1.165) is 63.0 Å². The van der Waals surface area contributed by atoms with Crippen molar-refractivity contribution in [3.8, 4) is 17.0 Å². The molecule has 2 aromatic carbocycles. The molecule has 9 nitrogen and oxygen atoms in total. The first kappa shape index (κ1) is 34.0. The maximum Gasteiger partial charge on any atom is 0.416 e. The molecule has 7 N–H and O–H groups in total. The van der Waals surface area contributed by atoms with Crippen molar-refractivity contribution in [3.63, 3.8) is 0 Å². The van der Waals surface area contributed by atoms with Crippen molar-refractivity contribution in [2.45, 2.75) is 95.4 Å². The van der Waals surface area contributed by atoms with Crippen LogP contribution in [-0.4, -0.2) is 48.0 Å². The second-order valence-corrected chi connectivity index (χ2v) is 13.4. The zero-order valence-electron chi connectivity index (χ0n) is 27.6. The van der Waals surface area contributed by atoms with Crippen LogP contribution < -0.4 is 37.1 Å². The molecule has 4 atom stereocenters. The quantitative estimate of drug-likeness (QED) is 0.138. The number of halogens is 3. The SMILES string of the molecule is COc1cc(N2C=c3cc(-c4cc(CCC[C@@H](N)C5CC5)cc(C(F)(F)F)c4)[nH]c3=NC2O)ccc1[C@@H]1CCC[C@@H](CCN=C(C)N)N1. The Labute approximate surface area is 279 Å². The number of nitrogens with two attached hydrogens (primary N) is 2. The van der Waals surface area contributed by atoms with Gasteiger partial charge in [-0.25, -0.2) is 4.99 Å². The Morgan fingerprint density at radius 2 is 1.96 bits per heavy atom. The minimum absolute atomic E-state index is 0.112. The highest BCUT2D eigenvalue weighted by molar-refractivity contribution is 5.77. The number of anilines is 1. The number of aromatic nitrogens is 1. The first-order valence-corrected chi connectivity index (χ1v) is 16.9. The van der Waals surface area contributed by atoms with Gasteiger partial charge in [0.1, 0.15) is 11.2 Å². The lowest BCUT2D eigenvalue weighted by molar-refractivity contribution is -0.137. The molecule has 1 saturated carbocycles. The van der Waals surface area contributed by atoms with Crippen molar-refractivity contribution in [1.82, 2.24) is 10.3 Å². The number of nitrogens with zero attached hydrogens (tertiary/aromatic N) is 3. The highest BCUT2D eigenvalue weighted by Gasteiger charge is 2.32.